The number of nitrogens with one attached hydrogen (secondary N) is 1. The molecule has 0 aliphatic carbocycles. The molecule has 0 radical (unpaired) electrons. The molecule has 2 aromatic rings. The van der Waals surface area contributed by atoms with Crippen molar-refractivity contribution in [2.45, 2.75) is 4.84 Å². The van der Waals surface area contributed by atoms with Gasteiger partial charge in [-0.05, 0) is 17.7 Å². The van der Waals surface area contributed by atoms with Crippen LogP contribution in [-0.2, 0) is 4.79 Å². The number of hydrogen-bond donors (Lipinski definition) is 1. The maximum atomic E-state index is 11.9. The maximum absolute atomic E-state index is 11.9. The highest BCUT2D eigenvalue weighted by Gasteiger charge is 2.12. The van der Waals surface area contributed by atoms with E-state index in [1.165, 1.54) is 6.08 Å². The van der Waals surface area contributed by atoms with Crippen molar-refractivity contribution in [3.63, 3.8) is 0 Å². The number of ether oxygens (including phenoxy) is 1. The highest BCUT2D eigenvalue weighted by Crippen LogP contribution is 2.27. The van der Waals surface area contributed by atoms with Gasteiger partial charge in [0.1, 0.15) is 5.75 Å². The Morgan fingerprint density at radius 2 is 1.73 bits per heavy atom. The van der Waals surface area contributed by atoms with Gasteiger partial charge in [-0.2, -0.15) is 0 Å². The van der Waals surface area contributed by atoms with Crippen LogP contribution in [-0.4, -0.2) is 17.7 Å². The molecule has 0 atom stereocenters. The zero-order valence-corrected chi connectivity index (χ0v) is 13.4. The normalized spacial score (nSPS) is 11.4. The monoisotopic (exact) mass is 335 g/mol. The maximum Gasteiger partial charge on any atom is 0.190 e. The number of ketones is 1. The molecule has 114 valence electrons. The lowest BCUT2D eigenvalue weighted by molar-refractivity contribution is -0.113. The van der Waals surface area contributed by atoms with Gasteiger partial charge in [-0.15, -0.1) is 0 Å². The van der Waals surface area contributed by atoms with E-state index in [9.17, 15) is 4.79 Å². The Morgan fingerprint density at radius 1 is 1.09 bits per heavy atom. The van der Waals surface area contributed by atoms with E-state index in [0.29, 0.717) is 11.4 Å². The zero-order valence-electron chi connectivity index (χ0n) is 11.9. The van der Waals surface area contributed by atoms with Crippen LogP contribution in [0.1, 0.15) is 5.56 Å². The van der Waals surface area contributed by atoms with Crippen molar-refractivity contribution in [1.29, 1.82) is 0 Å². The van der Waals surface area contributed by atoms with E-state index < -0.39 is 4.84 Å². The topological polar surface area (TPSA) is 38.3 Å². The lowest BCUT2D eigenvalue weighted by Crippen LogP contribution is -2.08. The Labute approximate surface area is 139 Å². The van der Waals surface area contributed by atoms with Crippen molar-refractivity contribution in [2.75, 3.05) is 12.4 Å². The third-order valence-corrected chi connectivity index (χ3v) is 3.39. The molecule has 2 aromatic carbocycles. The summed E-state index contributed by atoms with van der Waals surface area (Å²) in [7, 11) is 1.59. The van der Waals surface area contributed by atoms with E-state index in [1.807, 2.05) is 54.6 Å². The molecule has 0 bridgehead atoms. The number of rotatable bonds is 6. The number of hydrogen-bond acceptors (Lipinski definition) is 3. The van der Waals surface area contributed by atoms with Crippen molar-refractivity contribution in [1.82, 2.24) is 0 Å². The standard InChI is InChI=1S/C17H15Cl2NO2/c1-22-16-10-6-5-9-13(16)20-14(11-15(21)17(18)19)12-7-3-2-4-8-12/h2-11,17,20H,1H3/b14-11+. The molecule has 0 aliphatic rings. The molecular weight excluding hydrogens is 321 g/mol. The van der Waals surface area contributed by atoms with E-state index in [-0.39, 0.29) is 5.78 Å². The summed E-state index contributed by atoms with van der Waals surface area (Å²) in [6.07, 6.45) is 1.40. The second kappa shape index (κ2) is 7.87. The van der Waals surface area contributed by atoms with E-state index >= 15 is 0 Å². The van der Waals surface area contributed by atoms with Gasteiger partial charge in [-0.1, -0.05) is 65.7 Å². The summed E-state index contributed by atoms with van der Waals surface area (Å²) in [5.41, 5.74) is 2.19. The lowest BCUT2D eigenvalue weighted by atomic mass is 10.1. The van der Waals surface area contributed by atoms with E-state index in [1.54, 1.807) is 7.11 Å². The van der Waals surface area contributed by atoms with Crippen LogP contribution in [0, 0.1) is 0 Å². The first-order valence-corrected chi connectivity index (χ1v) is 7.48. The van der Waals surface area contributed by atoms with Gasteiger partial charge in [0.05, 0.1) is 12.8 Å². The summed E-state index contributed by atoms with van der Waals surface area (Å²) in [5.74, 6) is 0.287. The molecule has 3 nitrogen and oxygen atoms in total. The van der Waals surface area contributed by atoms with Gasteiger partial charge >= 0.3 is 0 Å². The van der Waals surface area contributed by atoms with Crippen molar-refractivity contribution < 1.29 is 9.53 Å². The van der Waals surface area contributed by atoms with Gasteiger partial charge in [0.25, 0.3) is 0 Å². The molecule has 5 heteroatoms. The van der Waals surface area contributed by atoms with Crippen LogP contribution in [0.25, 0.3) is 5.70 Å². The van der Waals surface area contributed by atoms with Gasteiger partial charge in [0.2, 0.25) is 0 Å². The fourth-order valence-corrected chi connectivity index (χ4v) is 2.03. The molecule has 0 unspecified atom stereocenters. The zero-order chi connectivity index (χ0) is 15.9. The second-order valence-corrected chi connectivity index (χ2v) is 5.55. The molecule has 0 heterocycles. The molecule has 0 saturated carbocycles. The van der Waals surface area contributed by atoms with Crippen molar-refractivity contribution >= 4 is 40.4 Å². The first-order chi connectivity index (χ1) is 10.6. The van der Waals surface area contributed by atoms with Crippen LogP contribution >= 0.6 is 23.2 Å². The summed E-state index contributed by atoms with van der Waals surface area (Å²) in [6, 6.07) is 16.9. The van der Waals surface area contributed by atoms with Crippen LogP contribution in [0.3, 0.4) is 0 Å². The molecule has 0 saturated heterocycles. The predicted octanol–water partition coefficient (Wildman–Crippen LogP) is 4.52. The highest BCUT2D eigenvalue weighted by atomic mass is 35.5. The molecule has 0 amide bonds. The number of alkyl halides is 2. The molecule has 0 spiro atoms. The largest absolute Gasteiger partial charge is 0.495 e. The van der Waals surface area contributed by atoms with Crippen LogP contribution in [0.15, 0.2) is 60.7 Å². The number of para-hydroxylation sites is 2. The number of carbonyl (C=O) groups excluding carboxylic acids is 1. The fraction of sp³-hybridized carbons (Fsp3) is 0.118. The number of benzene rings is 2. The van der Waals surface area contributed by atoms with E-state index in [0.717, 1.165) is 11.3 Å². The summed E-state index contributed by atoms with van der Waals surface area (Å²) in [6.45, 7) is 0. The Bertz CT molecular complexity index is 669. The van der Waals surface area contributed by atoms with Crippen LogP contribution < -0.4 is 10.1 Å². The van der Waals surface area contributed by atoms with Gasteiger partial charge in [-0.3, -0.25) is 4.79 Å². The summed E-state index contributed by atoms with van der Waals surface area (Å²) < 4.78 is 5.31. The minimum Gasteiger partial charge on any atom is -0.495 e. The molecule has 1 N–H and O–H groups in total. The molecule has 22 heavy (non-hydrogen) atoms. The Hall–Kier alpha value is -1.97. The molecular formula is C17H15Cl2NO2. The van der Waals surface area contributed by atoms with Gasteiger partial charge < -0.3 is 10.1 Å². The van der Waals surface area contributed by atoms with Gasteiger partial charge in [0.15, 0.2) is 10.6 Å². The minimum absolute atomic E-state index is 0.385. The molecule has 0 aliphatic heterocycles. The Kier molecular flexibility index (Phi) is 5.87. The molecule has 0 aromatic heterocycles. The third-order valence-electron chi connectivity index (χ3n) is 2.96. The SMILES string of the molecule is COc1ccccc1N/C(=C/C(=O)C(Cl)Cl)c1ccccc1. The Morgan fingerprint density at radius 3 is 2.36 bits per heavy atom. The summed E-state index contributed by atoms with van der Waals surface area (Å²) >= 11 is 11.3. The van der Waals surface area contributed by atoms with Crippen LogP contribution in [0.2, 0.25) is 0 Å². The first-order valence-electron chi connectivity index (χ1n) is 6.61. The predicted molar refractivity (Wildman–Crippen MR) is 91.5 cm³/mol. The van der Waals surface area contributed by atoms with E-state index in [4.69, 9.17) is 27.9 Å². The number of halogens is 2. The summed E-state index contributed by atoms with van der Waals surface area (Å²) in [4.78, 5) is 10.8. The first kappa shape index (κ1) is 16.4. The molecule has 0 fully saturated rings. The smallest absolute Gasteiger partial charge is 0.190 e. The van der Waals surface area contributed by atoms with Crippen LogP contribution in [0.5, 0.6) is 5.75 Å². The average molecular weight is 336 g/mol. The molecule has 2 rings (SSSR count). The van der Waals surface area contributed by atoms with Crippen molar-refractivity contribution in [3.05, 3.63) is 66.2 Å². The average Bonchev–Trinajstić information content (AvgIpc) is 2.55. The summed E-state index contributed by atoms with van der Waals surface area (Å²) in [5, 5.41) is 3.20. The lowest BCUT2D eigenvalue weighted by Gasteiger charge is -2.14. The Balaban J connectivity index is 2.39. The third kappa shape index (κ3) is 4.26. The van der Waals surface area contributed by atoms with Gasteiger partial charge in [0, 0.05) is 11.8 Å². The van der Waals surface area contributed by atoms with E-state index in [2.05, 4.69) is 5.32 Å². The fourth-order valence-electron chi connectivity index (χ4n) is 1.91. The van der Waals surface area contributed by atoms with Gasteiger partial charge in [-0.25, -0.2) is 0 Å². The highest BCUT2D eigenvalue weighted by molar-refractivity contribution is 6.55. The minimum atomic E-state index is -1.10. The van der Waals surface area contributed by atoms with Crippen molar-refractivity contribution in [3.8, 4) is 5.75 Å². The van der Waals surface area contributed by atoms with Crippen LogP contribution in [0.4, 0.5) is 5.69 Å². The number of anilines is 1. The van der Waals surface area contributed by atoms with Crippen molar-refractivity contribution in [2.24, 2.45) is 0 Å². The number of carbonyl (C=O) groups is 1. The number of allylic oxidation sites excluding steroid dienone is 1. The second-order valence-electron chi connectivity index (χ2n) is 4.45. The number of methoxy groups -OCH3 is 1. The quantitative estimate of drug-likeness (QED) is 0.623.